The van der Waals surface area contributed by atoms with Gasteiger partial charge in [0.1, 0.15) is 0 Å². The molecule has 0 rings (SSSR count). The van der Waals surface area contributed by atoms with Gasteiger partial charge in [-0.1, -0.05) is 147 Å². The quantitative estimate of drug-likeness (QED) is 0.0332. The first kappa shape index (κ1) is 42.0. The number of phosphoric acid groups is 1. The molecule has 0 aliphatic rings. The predicted octanol–water partition coefficient (Wildman–Crippen LogP) is 8.66. The largest absolute Gasteiger partial charge is 0.472 e. The topological polar surface area (TPSA) is 131 Å². The van der Waals surface area contributed by atoms with Crippen LogP contribution in [0.4, 0.5) is 0 Å². The number of amides is 1. The molecule has 0 saturated carbocycles. The Bertz CT molecular complexity index is 734. The molecule has 254 valence electrons. The lowest BCUT2D eigenvalue weighted by Crippen LogP contribution is -2.45. The second-order valence-corrected chi connectivity index (χ2v) is 13.2. The predicted molar refractivity (Wildman–Crippen MR) is 180 cm³/mol. The van der Waals surface area contributed by atoms with Crippen LogP contribution < -0.4 is 11.1 Å². The summed E-state index contributed by atoms with van der Waals surface area (Å²) in [5, 5.41) is 13.4. The van der Waals surface area contributed by atoms with Crippen molar-refractivity contribution in [1.29, 1.82) is 0 Å². The molecule has 5 N–H and O–H groups in total. The Morgan fingerprint density at radius 3 is 1.74 bits per heavy atom. The van der Waals surface area contributed by atoms with Gasteiger partial charge >= 0.3 is 7.82 Å². The molecule has 0 heterocycles. The second kappa shape index (κ2) is 31.0. The number of phosphoric ester groups is 1. The summed E-state index contributed by atoms with van der Waals surface area (Å²) in [4.78, 5) is 22.4. The van der Waals surface area contributed by atoms with Crippen molar-refractivity contribution in [2.75, 3.05) is 19.8 Å². The van der Waals surface area contributed by atoms with E-state index in [4.69, 9.17) is 14.8 Å². The number of nitrogens with two attached hydrogens (primary N) is 1. The number of aliphatic hydroxyl groups is 1. The van der Waals surface area contributed by atoms with Crippen LogP contribution in [0.2, 0.25) is 0 Å². The Morgan fingerprint density at radius 2 is 1.23 bits per heavy atom. The summed E-state index contributed by atoms with van der Waals surface area (Å²) < 4.78 is 21.9. The van der Waals surface area contributed by atoms with Crippen LogP contribution in [0, 0.1) is 0 Å². The van der Waals surface area contributed by atoms with Gasteiger partial charge in [0, 0.05) is 13.0 Å². The van der Waals surface area contributed by atoms with E-state index in [1.807, 2.05) is 6.08 Å². The molecule has 3 atom stereocenters. The Hall–Kier alpha value is -1.02. The van der Waals surface area contributed by atoms with Gasteiger partial charge in [-0.25, -0.2) is 4.57 Å². The average Bonchev–Trinajstić information content (AvgIpc) is 2.99. The van der Waals surface area contributed by atoms with E-state index in [0.29, 0.717) is 6.42 Å². The summed E-state index contributed by atoms with van der Waals surface area (Å²) in [6, 6.07) is -0.868. The van der Waals surface area contributed by atoms with Crippen LogP contribution in [0.1, 0.15) is 155 Å². The van der Waals surface area contributed by atoms with Crippen molar-refractivity contribution >= 4 is 13.7 Å². The van der Waals surface area contributed by atoms with Crippen LogP contribution >= 0.6 is 7.82 Å². The molecule has 0 aliphatic carbocycles. The smallest absolute Gasteiger partial charge is 0.387 e. The summed E-state index contributed by atoms with van der Waals surface area (Å²) in [5.41, 5.74) is 5.32. The molecular formula is C34H67N2O6P. The van der Waals surface area contributed by atoms with Gasteiger partial charge in [-0.05, 0) is 25.7 Å². The van der Waals surface area contributed by atoms with Crippen LogP contribution in [0.5, 0.6) is 0 Å². The van der Waals surface area contributed by atoms with Crippen molar-refractivity contribution in [2.24, 2.45) is 5.73 Å². The average molecular weight is 631 g/mol. The fourth-order valence-electron chi connectivity index (χ4n) is 4.86. The van der Waals surface area contributed by atoms with Gasteiger partial charge in [-0.15, -0.1) is 0 Å². The van der Waals surface area contributed by atoms with Crippen LogP contribution in [0.15, 0.2) is 24.3 Å². The Balaban J connectivity index is 4.18. The number of hydrogen-bond acceptors (Lipinski definition) is 6. The molecule has 0 aromatic rings. The van der Waals surface area contributed by atoms with E-state index < -0.39 is 20.0 Å². The summed E-state index contributed by atoms with van der Waals surface area (Å²) >= 11 is 0. The molecule has 0 fully saturated rings. The zero-order chi connectivity index (χ0) is 31.9. The van der Waals surface area contributed by atoms with Gasteiger partial charge in [-0.3, -0.25) is 13.8 Å². The molecule has 43 heavy (non-hydrogen) atoms. The Morgan fingerprint density at radius 1 is 0.744 bits per heavy atom. The fraction of sp³-hybridized carbons (Fsp3) is 0.853. The van der Waals surface area contributed by atoms with E-state index in [1.165, 1.54) is 89.9 Å². The molecule has 8 nitrogen and oxygen atoms in total. The number of hydrogen-bond donors (Lipinski definition) is 4. The molecule has 0 saturated heterocycles. The van der Waals surface area contributed by atoms with Crippen molar-refractivity contribution in [3.63, 3.8) is 0 Å². The maximum atomic E-state index is 12.6. The summed E-state index contributed by atoms with van der Waals surface area (Å²) in [6.45, 7) is 3.99. The Kier molecular flexibility index (Phi) is 30.2. The zero-order valence-electron chi connectivity index (χ0n) is 27.7. The number of carbonyl (C=O) groups is 1. The number of allylic oxidation sites excluding steroid dienone is 3. The summed E-state index contributed by atoms with van der Waals surface area (Å²) in [5.74, 6) is -0.208. The van der Waals surface area contributed by atoms with Crippen molar-refractivity contribution in [1.82, 2.24) is 5.32 Å². The molecule has 0 aromatic heterocycles. The molecule has 0 aliphatic heterocycles. The van der Waals surface area contributed by atoms with Gasteiger partial charge in [0.25, 0.3) is 0 Å². The number of rotatable bonds is 32. The molecule has 0 bridgehead atoms. The minimum Gasteiger partial charge on any atom is -0.387 e. The van der Waals surface area contributed by atoms with Gasteiger partial charge in [0.15, 0.2) is 0 Å². The van der Waals surface area contributed by atoms with E-state index >= 15 is 0 Å². The summed E-state index contributed by atoms with van der Waals surface area (Å²) in [6.07, 6.45) is 32.5. The highest BCUT2D eigenvalue weighted by molar-refractivity contribution is 7.47. The zero-order valence-corrected chi connectivity index (χ0v) is 28.6. The van der Waals surface area contributed by atoms with E-state index in [-0.39, 0.29) is 25.7 Å². The number of carbonyl (C=O) groups excluding carboxylic acids is 1. The molecule has 0 radical (unpaired) electrons. The monoisotopic (exact) mass is 630 g/mol. The van der Waals surface area contributed by atoms with Crippen molar-refractivity contribution in [3.05, 3.63) is 24.3 Å². The minimum absolute atomic E-state index is 0.0749. The van der Waals surface area contributed by atoms with Crippen molar-refractivity contribution in [2.45, 2.75) is 167 Å². The third-order valence-electron chi connectivity index (χ3n) is 7.51. The van der Waals surface area contributed by atoms with Gasteiger partial charge in [0.05, 0.1) is 25.4 Å². The molecule has 1 amide bonds. The SMILES string of the molecule is CCC/C=C/CC/C=C/C(O)C(COP(=O)(O)OCCN)NC(=O)CCCCCCCCCCCCCCCCCCC. The lowest BCUT2D eigenvalue weighted by atomic mass is 10.0. The standard InChI is InChI=1S/C34H67N2O6P/c1-3-5-7-9-11-12-13-14-15-16-17-18-19-20-22-24-26-28-34(38)36-32(31-42-43(39,40)41-30-29-35)33(37)27-25-23-21-10-8-6-4-2/h8,10,25,27,32-33,37H,3-7,9,11-24,26,28-31,35H2,1-2H3,(H,36,38)(H,39,40)/b10-8+,27-25+. The molecule has 9 heteroatoms. The van der Waals surface area contributed by atoms with E-state index in [1.54, 1.807) is 6.08 Å². The lowest BCUT2D eigenvalue weighted by Gasteiger charge is -2.23. The van der Waals surface area contributed by atoms with E-state index in [2.05, 4.69) is 31.3 Å². The molecule has 0 aromatic carbocycles. The van der Waals surface area contributed by atoms with Crippen molar-refractivity contribution < 1.29 is 28.4 Å². The third-order valence-corrected chi connectivity index (χ3v) is 8.50. The van der Waals surface area contributed by atoms with Gasteiger partial charge in [0.2, 0.25) is 5.91 Å². The molecular weight excluding hydrogens is 563 g/mol. The van der Waals surface area contributed by atoms with Crippen LogP contribution in [0.3, 0.4) is 0 Å². The fourth-order valence-corrected chi connectivity index (χ4v) is 5.62. The molecule has 0 spiro atoms. The van der Waals surface area contributed by atoms with Crippen molar-refractivity contribution in [3.8, 4) is 0 Å². The second-order valence-electron chi connectivity index (χ2n) is 11.7. The highest BCUT2D eigenvalue weighted by Gasteiger charge is 2.26. The van der Waals surface area contributed by atoms with Gasteiger partial charge in [-0.2, -0.15) is 0 Å². The lowest BCUT2D eigenvalue weighted by molar-refractivity contribution is -0.123. The number of nitrogens with one attached hydrogen (secondary N) is 1. The highest BCUT2D eigenvalue weighted by Crippen LogP contribution is 2.43. The first-order valence-corrected chi connectivity index (χ1v) is 19.0. The molecule has 3 unspecified atom stereocenters. The first-order valence-electron chi connectivity index (χ1n) is 17.5. The minimum atomic E-state index is -4.32. The summed E-state index contributed by atoms with van der Waals surface area (Å²) in [7, 11) is -4.32. The van der Waals surface area contributed by atoms with E-state index in [9.17, 15) is 19.4 Å². The number of aliphatic hydroxyl groups excluding tert-OH is 1. The van der Waals surface area contributed by atoms with E-state index in [0.717, 1.165) is 44.9 Å². The van der Waals surface area contributed by atoms with Crippen LogP contribution in [-0.4, -0.2) is 47.8 Å². The third kappa shape index (κ3) is 29.5. The van der Waals surface area contributed by atoms with Crippen LogP contribution in [0.25, 0.3) is 0 Å². The highest BCUT2D eigenvalue weighted by atomic mass is 31.2. The van der Waals surface area contributed by atoms with Gasteiger partial charge < -0.3 is 21.1 Å². The number of unbranched alkanes of at least 4 members (excludes halogenated alkanes) is 18. The normalized spacial score (nSPS) is 14.8. The first-order chi connectivity index (χ1) is 20.9. The maximum Gasteiger partial charge on any atom is 0.472 e. The maximum absolute atomic E-state index is 12.6. The van der Waals surface area contributed by atoms with Crippen LogP contribution in [-0.2, 0) is 18.4 Å². The Labute approximate surface area is 264 Å².